The minimum atomic E-state index is -0.536. The van der Waals surface area contributed by atoms with E-state index in [0.29, 0.717) is 28.6 Å². The maximum Gasteiger partial charge on any atom is 0.316 e. The first kappa shape index (κ1) is 15.5. The molecule has 3 aromatic rings. The first-order chi connectivity index (χ1) is 11.7. The number of hydrogen-bond donors (Lipinski definition) is 1. The van der Waals surface area contributed by atoms with E-state index in [9.17, 15) is 4.79 Å². The number of benzene rings is 1. The predicted octanol–water partition coefficient (Wildman–Crippen LogP) is 2.40. The highest BCUT2D eigenvalue weighted by Gasteiger charge is 2.18. The van der Waals surface area contributed by atoms with Crippen LogP contribution in [0.5, 0.6) is 11.5 Å². The van der Waals surface area contributed by atoms with Crippen LogP contribution in [-0.2, 0) is 0 Å². The van der Waals surface area contributed by atoms with E-state index in [1.54, 1.807) is 49.8 Å². The van der Waals surface area contributed by atoms with Crippen molar-refractivity contribution in [3.63, 3.8) is 0 Å². The first-order valence-electron chi connectivity index (χ1n) is 6.98. The molecule has 24 heavy (non-hydrogen) atoms. The quantitative estimate of drug-likeness (QED) is 0.768. The lowest BCUT2D eigenvalue weighted by Gasteiger charge is -2.10. The van der Waals surface area contributed by atoms with Crippen molar-refractivity contribution in [1.29, 1.82) is 0 Å². The number of hydrogen-bond acceptors (Lipinski definition) is 7. The molecule has 122 valence electrons. The number of nitrogens with one attached hydrogen (secondary N) is 1. The second kappa shape index (κ2) is 6.78. The monoisotopic (exact) mass is 326 g/mol. The molecule has 0 bridgehead atoms. The zero-order valence-corrected chi connectivity index (χ0v) is 13.0. The minimum absolute atomic E-state index is 0.153. The maximum atomic E-state index is 12.3. The summed E-state index contributed by atoms with van der Waals surface area (Å²) in [6.45, 7) is 0. The van der Waals surface area contributed by atoms with Gasteiger partial charge in [-0.25, -0.2) is 0 Å². The second-order valence-electron chi connectivity index (χ2n) is 4.68. The molecule has 3 rings (SSSR count). The maximum absolute atomic E-state index is 12.3. The third kappa shape index (κ3) is 3.17. The Morgan fingerprint density at radius 1 is 1.12 bits per heavy atom. The molecule has 0 aliphatic heterocycles. The van der Waals surface area contributed by atoms with Crippen molar-refractivity contribution < 1.29 is 18.8 Å². The molecule has 0 saturated heterocycles. The van der Waals surface area contributed by atoms with Crippen molar-refractivity contribution >= 4 is 11.6 Å². The Kier molecular flexibility index (Phi) is 4.37. The van der Waals surface area contributed by atoms with Gasteiger partial charge in [0, 0.05) is 24.0 Å². The number of carbonyl (C=O) groups excluding carboxylic acids is 1. The van der Waals surface area contributed by atoms with E-state index in [-0.39, 0.29) is 5.89 Å². The van der Waals surface area contributed by atoms with E-state index < -0.39 is 5.91 Å². The van der Waals surface area contributed by atoms with E-state index in [1.807, 2.05) is 0 Å². The van der Waals surface area contributed by atoms with Crippen LogP contribution in [0, 0.1) is 0 Å². The Bertz CT molecular complexity index is 848. The summed E-state index contributed by atoms with van der Waals surface area (Å²) in [5.41, 5.74) is 1.17. The molecule has 0 aliphatic carbocycles. The number of anilines is 1. The molecule has 8 heteroatoms. The lowest BCUT2D eigenvalue weighted by atomic mass is 10.2. The molecule has 0 spiro atoms. The van der Waals surface area contributed by atoms with E-state index >= 15 is 0 Å². The molecule has 1 aromatic carbocycles. The molecule has 0 aliphatic rings. The molecule has 0 unspecified atom stereocenters. The van der Waals surface area contributed by atoms with Gasteiger partial charge < -0.3 is 19.3 Å². The molecule has 1 N–H and O–H groups in total. The molecule has 0 radical (unpaired) electrons. The fourth-order valence-electron chi connectivity index (χ4n) is 2.01. The van der Waals surface area contributed by atoms with E-state index in [4.69, 9.17) is 14.0 Å². The Balaban J connectivity index is 1.80. The predicted molar refractivity (Wildman–Crippen MR) is 85.0 cm³/mol. The number of ether oxygens (including phenoxy) is 2. The Morgan fingerprint density at radius 2 is 1.92 bits per heavy atom. The first-order valence-corrected chi connectivity index (χ1v) is 6.98. The highest BCUT2D eigenvalue weighted by Crippen LogP contribution is 2.29. The van der Waals surface area contributed by atoms with Gasteiger partial charge in [0.25, 0.3) is 0 Å². The minimum Gasteiger partial charge on any atom is -0.497 e. The van der Waals surface area contributed by atoms with Crippen molar-refractivity contribution in [2.24, 2.45) is 0 Å². The fraction of sp³-hybridized carbons (Fsp3) is 0.125. The summed E-state index contributed by atoms with van der Waals surface area (Å²) in [4.78, 5) is 20.3. The summed E-state index contributed by atoms with van der Waals surface area (Å²) in [6.07, 6.45) is 3.21. The summed E-state index contributed by atoms with van der Waals surface area (Å²) in [5, 5.41) is 6.46. The number of carbonyl (C=O) groups is 1. The Labute approximate surface area is 137 Å². The zero-order chi connectivity index (χ0) is 16.9. The third-order valence-electron chi connectivity index (χ3n) is 3.22. The number of pyridine rings is 1. The number of nitrogens with zero attached hydrogens (tertiary/aromatic N) is 3. The molecule has 1 amide bonds. The van der Waals surface area contributed by atoms with Gasteiger partial charge in [-0.15, -0.1) is 0 Å². The van der Waals surface area contributed by atoms with Gasteiger partial charge in [-0.05, 0) is 24.3 Å². The average Bonchev–Trinajstić information content (AvgIpc) is 3.13. The Hall–Kier alpha value is -3.42. The topological polar surface area (TPSA) is 99.4 Å². The van der Waals surface area contributed by atoms with Gasteiger partial charge in [-0.3, -0.25) is 9.78 Å². The van der Waals surface area contributed by atoms with Crippen LogP contribution in [0.25, 0.3) is 11.4 Å². The van der Waals surface area contributed by atoms with Gasteiger partial charge in [-0.2, -0.15) is 4.98 Å². The summed E-state index contributed by atoms with van der Waals surface area (Å²) in [6, 6.07) is 8.47. The smallest absolute Gasteiger partial charge is 0.316 e. The molecule has 8 nitrogen and oxygen atoms in total. The van der Waals surface area contributed by atoms with E-state index in [0.717, 1.165) is 0 Å². The zero-order valence-electron chi connectivity index (χ0n) is 13.0. The molecule has 2 heterocycles. The van der Waals surface area contributed by atoms with Crippen LogP contribution in [-0.4, -0.2) is 35.3 Å². The second-order valence-corrected chi connectivity index (χ2v) is 4.68. The molecule has 0 saturated carbocycles. The van der Waals surface area contributed by atoms with Crippen LogP contribution in [0.2, 0.25) is 0 Å². The van der Waals surface area contributed by atoms with Crippen molar-refractivity contribution in [2.45, 2.75) is 0 Å². The molecule has 0 atom stereocenters. The van der Waals surface area contributed by atoms with E-state index in [1.165, 1.54) is 7.11 Å². The van der Waals surface area contributed by atoms with Crippen LogP contribution < -0.4 is 14.8 Å². The normalized spacial score (nSPS) is 10.2. The van der Waals surface area contributed by atoms with Crippen LogP contribution in [0.15, 0.2) is 47.2 Å². The van der Waals surface area contributed by atoms with Gasteiger partial charge in [0.2, 0.25) is 5.82 Å². The number of rotatable bonds is 5. The van der Waals surface area contributed by atoms with Gasteiger partial charge in [-0.1, -0.05) is 5.16 Å². The number of amides is 1. The van der Waals surface area contributed by atoms with Gasteiger partial charge in [0.15, 0.2) is 0 Å². The van der Waals surface area contributed by atoms with Crippen molar-refractivity contribution in [3.8, 4) is 22.9 Å². The van der Waals surface area contributed by atoms with E-state index in [2.05, 4.69) is 20.4 Å². The average molecular weight is 326 g/mol. The molecule has 2 aromatic heterocycles. The highest BCUT2D eigenvalue weighted by atomic mass is 16.5. The van der Waals surface area contributed by atoms with Gasteiger partial charge >= 0.3 is 11.8 Å². The van der Waals surface area contributed by atoms with Crippen LogP contribution in [0.4, 0.5) is 5.69 Å². The summed E-state index contributed by atoms with van der Waals surface area (Å²) < 4.78 is 15.4. The Morgan fingerprint density at radius 3 is 2.62 bits per heavy atom. The van der Waals surface area contributed by atoms with Crippen LogP contribution in [0.1, 0.15) is 10.7 Å². The summed E-state index contributed by atoms with van der Waals surface area (Å²) in [7, 11) is 3.05. The molecular formula is C16H14N4O4. The standard InChI is InChI=1S/C16H14N4O4/c1-22-11-3-4-12(13(9-11)23-2)18-15(21)16-19-14(20-24-16)10-5-7-17-8-6-10/h3-9H,1-2H3,(H,18,21). The third-order valence-corrected chi connectivity index (χ3v) is 3.22. The SMILES string of the molecule is COc1ccc(NC(=O)c2nc(-c3ccncc3)no2)c(OC)c1. The van der Waals surface area contributed by atoms with Gasteiger partial charge in [0.05, 0.1) is 19.9 Å². The van der Waals surface area contributed by atoms with Crippen LogP contribution in [0.3, 0.4) is 0 Å². The van der Waals surface area contributed by atoms with Gasteiger partial charge in [0.1, 0.15) is 11.5 Å². The number of aromatic nitrogens is 3. The largest absolute Gasteiger partial charge is 0.497 e. The summed E-state index contributed by atoms with van der Waals surface area (Å²) in [5.74, 6) is 0.689. The molecular weight excluding hydrogens is 312 g/mol. The molecule has 0 fully saturated rings. The fourth-order valence-corrected chi connectivity index (χ4v) is 2.01. The lowest BCUT2D eigenvalue weighted by Crippen LogP contribution is -2.13. The lowest BCUT2D eigenvalue weighted by molar-refractivity contribution is 0.0981. The van der Waals surface area contributed by atoms with Crippen molar-refractivity contribution in [2.75, 3.05) is 19.5 Å². The van der Waals surface area contributed by atoms with Crippen molar-refractivity contribution in [3.05, 3.63) is 48.6 Å². The summed E-state index contributed by atoms with van der Waals surface area (Å²) >= 11 is 0. The van der Waals surface area contributed by atoms with Crippen molar-refractivity contribution in [1.82, 2.24) is 15.1 Å². The van der Waals surface area contributed by atoms with Crippen LogP contribution >= 0.6 is 0 Å². The number of methoxy groups -OCH3 is 2. The highest BCUT2D eigenvalue weighted by molar-refractivity contribution is 6.02.